The molecule has 4 heteroatoms. The molecule has 0 aliphatic heterocycles. The van der Waals surface area contributed by atoms with E-state index in [1.165, 1.54) is 12.8 Å². The minimum Gasteiger partial charge on any atom is -0.313 e. The predicted octanol–water partition coefficient (Wildman–Crippen LogP) is 2.37. The van der Waals surface area contributed by atoms with E-state index in [0.29, 0.717) is 11.8 Å². The Morgan fingerprint density at radius 1 is 1.24 bits per heavy atom. The molecule has 1 N–H and O–H groups in total. The van der Waals surface area contributed by atoms with Crippen molar-refractivity contribution in [1.29, 1.82) is 0 Å². The van der Waals surface area contributed by atoms with Gasteiger partial charge in [-0.15, -0.1) is 0 Å². The van der Waals surface area contributed by atoms with E-state index < -0.39 is 9.84 Å². The maximum absolute atomic E-state index is 11.6. The Morgan fingerprint density at radius 2 is 1.88 bits per heavy atom. The van der Waals surface area contributed by atoms with Gasteiger partial charge in [0.1, 0.15) is 9.84 Å². The number of hydrogen-bond donors (Lipinski definition) is 1. The van der Waals surface area contributed by atoms with Crippen molar-refractivity contribution in [2.45, 2.75) is 58.9 Å². The normalized spacial score (nSPS) is 20.2. The summed E-state index contributed by atoms with van der Waals surface area (Å²) < 4.78 is 23.2. The zero-order chi connectivity index (χ0) is 12.9. The average molecular weight is 261 g/mol. The number of sulfone groups is 1. The zero-order valence-corrected chi connectivity index (χ0v) is 12.3. The largest absolute Gasteiger partial charge is 0.313 e. The topological polar surface area (TPSA) is 46.2 Å². The molecule has 0 saturated heterocycles. The zero-order valence-electron chi connectivity index (χ0n) is 11.5. The first-order chi connectivity index (χ1) is 7.91. The summed E-state index contributed by atoms with van der Waals surface area (Å²) >= 11 is 0. The van der Waals surface area contributed by atoms with Crippen LogP contribution in [-0.2, 0) is 9.84 Å². The van der Waals surface area contributed by atoms with Crippen LogP contribution in [0.4, 0.5) is 0 Å². The lowest BCUT2D eigenvalue weighted by Crippen LogP contribution is -2.34. The van der Waals surface area contributed by atoms with Crippen molar-refractivity contribution in [3.8, 4) is 0 Å². The van der Waals surface area contributed by atoms with E-state index in [1.54, 1.807) is 6.92 Å². The number of rotatable bonds is 9. The molecule has 1 aliphatic carbocycles. The molecule has 0 bridgehead atoms. The van der Waals surface area contributed by atoms with E-state index in [2.05, 4.69) is 19.2 Å². The maximum atomic E-state index is 11.6. The van der Waals surface area contributed by atoms with Crippen LogP contribution in [0.1, 0.15) is 52.9 Å². The van der Waals surface area contributed by atoms with Gasteiger partial charge in [-0.1, -0.05) is 27.2 Å². The molecule has 1 atom stereocenters. The summed E-state index contributed by atoms with van der Waals surface area (Å²) in [5.41, 5.74) is 0.138. The molecule has 1 rings (SSSR count). The molecule has 17 heavy (non-hydrogen) atoms. The summed E-state index contributed by atoms with van der Waals surface area (Å²) in [5.74, 6) is 0.609. The van der Waals surface area contributed by atoms with Crippen molar-refractivity contribution >= 4 is 9.84 Å². The first kappa shape index (κ1) is 15.0. The smallest absolute Gasteiger partial charge is 0.150 e. The van der Waals surface area contributed by atoms with Gasteiger partial charge in [-0.3, -0.25) is 0 Å². The van der Waals surface area contributed by atoms with Gasteiger partial charge in [-0.25, -0.2) is 8.42 Å². The highest BCUT2D eigenvalue weighted by atomic mass is 32.2. The van der Waals surface area contributed by atoms with Crippen molar-refractivity contribution in [2.24, 2.45) is 5.41 Å². The lowest BCUT2D eigenvalue weighted by molar-refractivity contribution is 0.266. The number of nitrogens with one attached hydrogen (secondary N) is 1. The molecule has 1 fully saturated rings. The highest BCUT2D eigenvalue weighted by molar-refractivity contribution is 7.91. The fourth-order valence-electron chi connectivity index (χ4n) is 2.13. The minimum atomic E-state index is -2.82. The van der Waals surface area contributed by atoms with Crippen molar-refractivity contribution < 1.29 is 8.42 Å². The third kappa shape index (κ3) is 5.87. The molecule has 0 aromatic heterocycles. The minimum absolute atomic E-state index is 0.138. The Balaban J connectivity index is 2.44. The third-order valence-corrected chi connectivity index (χ3v) is 5.41. The van der Waals surface area contributed by atoms with Crippen molar-refractivity contribution in [3.63, 3.8) is 0 Å². The maximum Gasteiger partial charge on any atom is 0.150 e. The highest BCUT2D eigenvalue weighted by Gasteiger charge is 2.29. The molecule has 1 saturated carbocycles. The lowest BCUT2D eigenvalue weighted by Gasteiger charge is -2.29. The van der Waals surface area contributed by atoms with Gasteiger partial charge in [-0.2, -0.15) is 0 Å². The first-order valence-corrected chi connectivity index (χ1v) is 8.67. The summed E-state index contributed by atoms with van der Waals surface area (Å²) in [6.45, 7) is 7.08. The van der Waals surface area contributed by atoms with Crippen LogP contribution in [0.3, 0.4) is 0 Å². The van der Waals surface area contributed by atoms with Gasteiger partial charge in [0.2, 0.25) is 0 Å². The van der Waals surface area contributed by atoms with Crippen LogP contribution < -0.4 is 5.32 Å². The van der Waals surface area contributed by atoms with Crippen LogP contribution in [0, 0.1) is 5.41 Å². The fraction of sp³-hybridized carbons (Fsp3) is 1.00. The van der Waals surface area contributed by atoms with E-state index in [0.717, 1.165) is 25.8 Å². The van der Waals surface area contributed by atoms with Gasteiger partial charge < -0.3 is 5.32 Å². The molecular weight excluding hydrogens is 234 g/mol. The Hall–Kier alpha value is -0.0900. The van der Waals surface area contributed by atoms with Gasteiger partial charge in [0.05, 0.1) is 5.75 Å². The molecule has 0 heterocycles. The van der Waals surface area contributed by atoms with Crippen LogP contribution >= 0.6 is 0 Å². The molecule has 0 radical (unpaired) electrons. The Morgan fingerprint density at radius 3 is 2.35 bits per heavy atom. The van der Waals surface area contributed by atoms with Crippen LogP contribution in [-0.4, -0.2) is 32.5 Å². The number of hydrogen-bond acceptors (Lipinski definition) is 3. The van der Waals surface area contributed by atoms with Gasteiger partial charge in [0.25, 0.3) is 0 Å². The summed E-state index contributed by atoms with van der Waals surface area (Å²) in [7, 11) is -2.82. The van der Waals surface area contributed by atoms with E-state index in [1.807, 2.05) is 0 Å². The van der Waals surface area contributed by atoms with Crippen molar-refractivity contribution in [2.75, 3.05) is 18.1 Å². The molecule has 0 aromatic rings. The molecule has 0 amide bonds. The second kappa shape index (κ2) is 6.19. The Kier molecular flexibility index (Phi) is 5.45. The van der Waals surface area contributed by atoms with Crippen LogP contribution in [0.25, 0.3) is 0 Å². The highest BCUT2D eigenvalue weighted by Crippen LogP contribution is 2.29. The standard InChI is InChI=1S/C13H27NO2S/c1-4-8-13(3,11-14-12-6-7-12)9-10-17(15,16)5-2/h12,14H,4-11H2,1-3H3. The predicted molar refractivity (Wildman–Crippen MR) is 73.0 cm³/mol. The van der Waals surface area contributed by atoms with E-state index in [9.17, 15) is 8.42 Å². The summed E-state index contributed by atoms with van der Waals surface area (Å²) in [6.07, 6.45) is 5.59. The monoisotopic (exact) mass is 261 g/mol. The summed E-state index contributed by atoms with van der Waals surface area (Å²) in [5, 5.41) is 3.54. The van der Waals surface area contributed by atoms with Crippen LogP contribution in [0.5, 0.6) is 0 Å². The summed E-state index contributed by atoms with van der Waals surface area (Å²) in [6, 6.07) is 0.703. The molecule has 3 nitrogen and oxygen atoms in total. The quantitative estimate of drug-likeness (QED) is 0.693. The summed E-state index contributed by atoms with van der Waals surface area (Å²) in [4.78, 5) is 0. The SMILES string of the molecule is CCCC(C)(CCS(=O)(=O)CC)CNC1CC1. The van der Waals surface area contributed by atoms with E-state index >= 15 is 0 Å². The van der Waals surface area contributed by atoms with E-state index in [-0.39, 0.29) is 11.2 Å². The van der Waals surface area contributed by atoms with Crippen LogP contribution in [0.2, 0.25) is 0 Å². The lowest BCUT2D eigenvalue weighted by atomic mass is 9.83. The molecule has 0 aromatic carbocycles. The van der Waals surface area contributed by atoms with Gasteiger partial charge in [0, 0.05) is 18.3 Å². The van der Waals surface area contributed by atoms with Gasteiger partial charge in [-0.05, 0) is 31.1 Å². The Bertz CT molecular complexity index is 322. The second-order valence-electron chi connectivity index (χ2n) is 5.70. The fourth-order valence-corrected chi connectivity index (χ4v) is 3.22. The third-order valence-electron chi connectivity index (χ3n) is 3.70. The molecule has 1 aliphatic rings. The van der Waals surface area contributed by atoms with Gasteiger partial charge in [0.15, 0.2) is 0 Å². The van der Waals surface area contributed by atoms with Crippen molar-refractivity contribution in [3.05, 3.63) is 0 Å². The molecule has 102 valence electrons. The molecule has 1 unspecified atom stereocenters. The van der Waals surface area contributed by atoms with Crippen LogP contribution in [0.15, 0.2) is 0 Å². The average Bonchev–Trinajstić information content (AvgIpc) is 3.09. The molecular formula is C13H27NO2S. The molecule has 0 spiro atoms. The van der Waals surface area contributed by atoms with Crippen molar-refractivity contribution in [1.82, 2.24) is 5.32 Å². The van der Waals surface area contributed by atoms with E-state index in [4.69, 9.17) is 0 Å². The first-order valence-electron chi connectivity index (χ1n) is 6.84. The van der Waals surface area contributed by atoms with Gasteiger partial charge >= 0.3 is 0 Å². The second-order valence-corrected chi connectivity index (χ2v) is 8.17. The Labute approximate surface area is 106 Å².